The van der Waals surface area contributed by atoms with Crippen LogP contribution in [-0.2, 0) is 15.4 Å². The number of nitrogens with one attached hydrogen (secondary N) is 1. The van der Waals surface area contributed by atoms with Crippen molar-refractivity contribution >= 4 is 19.3 Å². The molecule has 0 bridgehead atoms. The lowest BCUT2D eigenvalue weighted by Crippen LogP contribution is -2.55. The molecule has 0 aliphatic rings. The Morgan fingerprint density at radius 1 is 1.04 bits per heavy atom. The fourth-order valence-electron chi connectivity index (χ4n) is 2.13. The topological polar surface area (TPSA) is 85.9 Å². The summed E-state index contributed by atoms with van der Waals surface area (Å²) in [5.74, 6) is 0. The van der Waals surface area contributed by atoms with Crippen LogP contribution in [0.1, 0.15) is 53.1 Å². The van der Waals surface area contributed by atoms with Crippen LogP contribution in [0.3, 0.4) is 0 Å². The molecule has 0 aromatic heterocycles. The highest BCUT2D eigenvalue weighted by atomic mass is 32.2. The van der Waals surface area contributed by atoms with Gasteiger partial charge in [-0.1, -0.05) is 51.1 Å². The van der Waals surface area contributed by atoms with Crippen LogP contribution in [-0.4, -0.2) is 22.9 Å². The van der Waals surface area contributed by atoms with E-state index in [1.807, 2.05) is 64.2 Å². The van der Waals surface area contributed by atoms with Gasteiger partial charge in [0.1, 0.15) is 18.2 Å². The number of benzene rings is 1. The second-order valence-electron chi connectivity index (χ2n) is 9.16. The van der Waals surface area contributed by atoms with Gasteiger partial charge in [0.15, 0.2) is 8.32 Å². The van der Waals surface area contributed by atoms with Gasteiger partial charge in [0.05, 0.1) is 15.7 Å². The van der Waals surface area contributed by atoms with Crippen LogP contribution >= 0.6 is 0 Å². The summed E-state index contributed by atoms with van der Waals surface area (Å²) < 4.78 is 21.6. The lowest BCUT2D eigenvalue weighted by molar-refractivity contribution is 0.129. The van der Waals surface area contributed by atoms with Crippen LogP contribution in [0.5, 0.6) is 0 Å². The maximum absolute atomic E-state index is 12.8. The highest BCUT2D eigenvalue weighted by Crippen LogP contribution is 2.42. The summed E-state index contributed by atoms with van der Waals surface area (Å²) in [5.41, 5.74) is -1.09. The zero-order chi connectivity index (χ0) is 21.1. The van der Waals surface area contributed by atoms with E-state index < -0.39 is 35.7 Å². The maximum atomic E-state index is 12.8. The van der Waals surface area contributed by atoms with Crippen LogP contribution in [0.25, 0.3) is 0 Å². The van der Waals surface area contributed by atoms with E-state index in [9.17, 15) is 14.7 Å². The molecule has 0 saturated heterocycles. The van der Waals surface area contributed by atoms with Gasteiger partial charge in [0, 0.05) is 0 Å². The summed E-state index contributed by atoms with van der Waals surface area (Å²) in [6.07, 6.45) is 0. The molecule has 0 heterocycles. The zero-order valence-electron chi connectivity index (χ0n) is 17.6. The van der Waals surface area contributed by atoms with Gasteiger partial charge in [0.25, 0.3) is 5.60 Å². The van der Waals surface area contributed by atoms with E-state index in [0.717, 1.165) is 0 Å². The maximum Gasteiger partial charge on any atom is 0.252 e. The fourth-order valence-corrected chi connectivity index (χ4v) is 4.32. The van der Waals surface area contributed by atoms with E-state index >= 15 is 0 Å². The lowest BCUT2D eigenvalue weighted by Gasteiger charge is -2.43. The molecule has 7 heteroatoms. The highest BCUT2D eigenvalue weighted by Gasteiger charge is 2.51. The van der Waals surface area contributed by atoms with Crippen molar-refractivity contribution < 1.29 is 8.63 Å². The van der Waals surface area contributed by atoms with Gasteiger partial charge >= 0.3 is 0 Å². The summed E-state index contributed by atoms with van der Waals surface area (Å²) in [6, 6.07) is 12.5. The van der Waals surface area contributed by atoms with E-state index in [2.05, 4.69) is 37.6 Å². The van der Waals surface area contributed by atoms with Crippen molar-refractivity contribution in [2.45, 2.75) is 76.1 Å². The Hall–Kier alpha value is -1.51. The first-order valence-electron chi connectivity index (χ1n) is 8.96. The smallest absolute Gasteiger partial charge is 0.252 e. The van der Waals surface area contributed by atoms with Gasteiger partial charge < -0.3 is 4.43 Å². The predicted molar refractivity (Wildman–Crippen MR) is 112 cm³/mol. The first-order valence-corrected chi connectivity index (χ1v) is 13.0. The molecule has 1 N–H and O–H groups in total. The fraction of sp³-hybridized carbons (Fsp3) is 0.600. The Bertz CT molecular complexity index is 739. The predicted octanol–water partition coefficient (Wildman–Crippen LogP) is 4.59. The largest absolute Gasteiger partial charge is 0.387 e. The quantitative estimate of drug-likeness (QED) is 0.701. The zero-order valence-corrected chi connectivity index (χ0v) is 19.4. The normalized spacial score (nSPS) is 15.5. The molecule has 2 atom stereocenters. The molecular formula is C20H31N3O2SSi. The van der Waals surface area contributed by atoms with Gasteiger partial charge in [-0.25, -0.2) is 8.93 Å². The van der Waals surface area contributed by atoms with Crippen molar-refractivity contribution in [3.63, 3.8) is 0 Å². The summed E-state index contributed by atoms with van der Waals surface area (Å²) in [4.78, 5) is 0. The molecule has 0 spiro atoms. The molecule has 27 heavy (non-hydrogen) atoms. The SMILES string of the molecule is CC(C)(C)S(=O)N[C@@H](c1ccccc1)C(C#N)(C#N)O[Si](C)(C)C(C)(C)C. The Morgan fingerprint density at radius 2 is 1.52 bits per heavy atom. The van der Waals surface area contributed by atoms with Crippen molar-refractivity contribution in [2.24, 2.45) is 0 Å². The molecule has 148 valence electrons. The average molecular weight is 406 g/mol. The molecule has 0 aliphatic carbocycles. The lowest BCUT2D eigenvalue weighted by atomic mass is 9.92. The third kappa shape index (κ3) is 5.49. The molecule has 1 aromatic carbocycles. The van der Waals surface area contributed by atoms with E-state index in [1.54, 1.807) is 0 Å². The minimum atomic E-state index is -2.46. The average Bonchev–Trinajstić information content (AvgIpc) is 2.56. The monoisotopic (exact) mass is 405 g/mol. The Kier molecular flexibility index (Phi) is 7.18. The van der Waals surface area contributed by atoms with Gasteiger partial charge in [-0.05, 0) is 44.5 Å². The van der Waals surface area contributed by atoms with Crippen LogP contribution in [0.15, 0.2) is 30.3 Å². The highest BCUT2D eigenvalue weighted by molar-refractivity contribution is 7.84. The standard InChI is InChI=1S/C20H31N3O2SSi/c1-18(2,3)26(24)23-17(16-12-10-9-11-13-16)20(14-21,15-22)25-27(7,8)19(4,5)6/h9-13,17,23H,1-8H3/t17-,26?/m0/s1. The van der Waals surface area contributed by atoms with E-state index in [0.29, 0.717) is 5.56 Å². The molecule has 0 radical (unpaired) electrons. The number of nitriles is 2. The molecule has 0 aliphatic heterocycles. The molecular weight excluding hydrogens is 374 g/mol. The summed E-state index contributed by atoms with van der Waals surface area (Å²) >= 11 is 0. The second-order valence-corrected chi connectivity index (χ2v) is 15.9. The molecule has 0 saturated carbocycles. The molecule has 1 unspecified atom stereocenters. The number of rotatable bonds is 6. The van der Waals surface area contributed by atoms with Crippen molar-refractivity contribution in [3.8, 4) is 12.1 Å². The number of hydrogen-bond donors (Lipinski definition) is 1. The molecule has 0 amide bonds. The molecule has 5 nitrogen and oxygen atoms in total. The van der Waals surface area contributed by atoms with Gasteiger partial charge in [-0.2, -0.15) is 10.5 Å². The Morgan fingerprint density at radius 3 is 1.89 bits per heavy atom. The van der Waals surface area contributed by atoms with Crippen molar-refractivity contribution in [1.29, 1.82) is 10.5 Å². The van der Waals surface area contributed by atoms with Crippen molar-refractivity contribution in [2.75, 3.05) is 0 Å². The van der Waals surface area contributed by atoms with Gasteiger partial charge in [-0.3, -0.25) is 0 Å². The van der Waals surface area contributed by atoms with Gasteiger partial charge in [0.2, 0.25) is 0 Å². The minimum Gasteiger partial charge on any atom is -0.387 e. The molecule has 0 fully saturated rings. The van der Waals surface area contributed by atoms with Crippen molar-refractivity contribution in [3.05, 3.63) is 35.9 Å². The molecule has 1 aromatic rings. The van der Waals surface area contributed by atoms with Gasteiger partial charge in [-0.15, -0.1) is 0 Å². The Balaban J connectivity index is 3.52. The molecule has 1 rings (SSSR count). The van der Waals surface area contributed by atoms with Crippen LogP contribution in [0.2, 0.25) is 18.1 Å². The van der Waals surface area contributed by atoms with Crippen LogP contribution in [0.4, 0.5) is 0 Å². The third-order valence-electron chi connectivity index (χ3n) is 4.88. The van der Waals surface area contributed by atoms with Crippen LogP contribution < -0.4 is 4.72 Å². The third-order valence-corrected chi connectivity index (χ3v) is 10.9. The first-order chi connectivity index (χ1) is 12.2. The van der Waals surface area contributed by atoms with E-state index in [-0.39, 0.29) is 5.04 Å². The minimum absolute atomic E-state index is 0.184. The summed E-state index contributed by atoms with van der Waals surface area (Å²) in [7, 11) is -3.94. The van der Waals surface area contributed by atoms with Crippen molar-refractivity contribution in [1.82, 2.24) is 4.72 Å². The first kappa shape index (κ1) is 23.5. The van der Waals surface area contributed by atoms with E-state index in [1.165, 1.54) is 0 Å². The summed E-state index contributed by atoms with van der Waals surface area (Å²) in [5, 5.41) is 19.9. The Labute approximate surface area is 167 Å². The van der Waals surface area contributed by atoms with Crippen LogP contribution in [0, 0.1) is 22.7 Å². The number of hydrogen-bond acceptors (Lipinski definition) is 4. The summed E-state index contributed by atoms with van der Waals surface area (Å²) in [6.45, 7) is 15.7. The second kappa shape index (κ2) is 8.24. The number of nitrogens with zero attached hydrogens (tertiary/aromatic N) is 2. The van der Waals surface area contributed by atoms with E-state index in [4.69, 9.17) is 4.43 Å².